The van der Waals surface area contributed by atoms with Gasteiger partial charge in [-0.05, 0) is 47.4 Å². The van der Waals surface area contributed by atoms with Crippen molar-refractivity contribution < 1.29 is 44.1 Å². The topological polar surface area (TPSA) is 153 Å². The number of halogens is 2. The Morgan fingerprint density at radius 1 is 0.957 bits per heavy atom. The number of benzene rings is 3. The van der Waals surface area contributed by atoms with Crippen LogP contribution in [0.5, 0.6) is 0 Å². The molecular formula is C34H36BrClN2O8. The summed E-state index contributed by atoms with van der Waals surface area (Å²) < 4.78 is 12.0. The minimum Gasteiger partial charge on any atom is -0.547 e. The van der Waals surface area contributed by atoms with Crippen LogP contribution in [0, 0.1) is 0 Å². The third-order valence-corrected chi connectivity index (χ3v) is 7.85. The van der Waals surface area contributed by atoms with Crippen LogP contribution < -0.4 is 9.67 Å². The number of hydrogen-bond acceptors (Lipinski definition) is 6. The summed E-state index contributed by atoms with van der Waals surface area (Å²) in [6.45, 7) is 3.51. The first kappa shape index (κ1) is 36.4. The number of carboxylic acid groups (broad SMARTS) is 3. The normalized spacial score (nSPS) is 12.4. The first-order chi connectivity index (χ1) is 21.9. The molecule has 0 aliphatic rings. The van der Waals surface area contributed by atoms with Gasteiger partial charge < -0.3 is 30.0 Å². The molecule has 1 heterocycles. The molecule has 0 saturated heterocycles. The molecule has 4 rings (SSSR count). The van der Waals surface area contributed by atoms with Gasteiger partial charge in [-0.1, -0.05) is 95.5 Å². The van der Waals surface area contributed by atoms with Gasteiger partial charge in [0.25, 0.3) is 0 Å². The molecule has 46 heavy (non-hydrogen) atoms. The van der Waals surface area contributed by atoms with Crippen LogP contribution in [0.1, 0.15) is 61.4 Å². The van der Waals surface area contributed by atoms with Crippen molar-refractivity contribution in [3.63, 3.8) is 0 Å². The highest BCUT2D eigenvalue weighted by Crippen LogP contribution is 2.24. The highest BCUT2D eigenvalue weighted by molar-refractivity contribution is 9.10. The smallest absolute Gasteiger partial charge is 0.306 e. The predicted molar refractivity (Wildman–Crippen MR) is 172 cm³/mol. The molecule has 0 bridgehead atoms. The quantitative estimate of drug-likeness (QED) is 0.146. The molecule has 12 heteroatoms. The molecule has 2 unspecified atom stereocenters. The largest absolute Gasteiger partial charge is 0.547 e. The zero-order valence-electron chi connectivity index (χ0n) is 25.2. The Morgan fingerprint density at radius 2 is 1.57 bits per heavy atom. The van der Waals surface area contributed by atoms with Crippen LogP contribution in [0.3, 0.4) is 0 Å². The van der Waals surface area contributed by atoms with Crippen LogP contribution >= 0.6 is 27.5 Å². The van der Waals surface area contributed by atoms with E-state index in [4.69, 9.17) is 31.7 Å². The summed E-state index contributed by atoms with van der Waals surface area (Å²) in [6, 6.07) is 27.2. The fourth-order valence-electron chi connectivity index (χ4n) is 4.75. The standard InChI is InChI=1S/C28H29BrClN2O.C6H8O7/c1-2-6-27(23-11-13-25(29)14-12-23)32-18-17-31(21-32)19-28(24-7-4-3-5-8-24)33-20-22-9-15-26(30)16-10-22;7-3(8)1-6(13,5(11)12)2-4(9)10/h3-5,7-18,21,27-28H,2,6,19-20H2,1H3;13H,1-2H2,(H,7,8)(H,9,10)(H,11,12)/q+1;/p-1. The first-order valence-corrected chi connectivity index (χ1v) is 15.7. The maximum absolute atomic E-state index is 10.2. The van der Waals surface area contributed by atoms with E-state index in [1.165, 1.54) is 11.1 Å². The minimum atomic E-state index is -2.85. The highest BCUT2D eigenvalue weighted by atomic mass is 79.9. The molecule has 244 valence electrons. The van der Waals surface area contributed by atoms with Crippen molar-refractivity contribution in [2.45, 2.75) is 63.5 Å². The number of carbonyl (C=O) groups excluding carboxylic acids is 1. The van der Waals surface area contributed by atoms with E-state index >= 15 is 0 Å². The van der Waals surface area contributed by atoms with E-state index in [0.717, 1.165) is 34.4 Å². The summed E-state index contributed by atoms with van der Waals surface area (Å²) in [7, 11) is 0. The number of imidazole rings is 1. The number of rotatable bonds is 15. The molecule has 1 aromatic heterocycles. The predicted octanol–water partition coefficient (Wildman–Crippen LogP) is 4.96. The lowest BCUT2D eigenvalue weighted by Gasteiger charge is -2.25. The molecule has 0 aliphatic heterocycles. The van der Waals surface area contributed by atoms with Crippen molar-refractivity contribution in [2.24, 2.45) is 0 Å². The summed E-state index contributed by atoms with van der Waals surface area (Å²) in [5, 5.41) is 36.3. The lowest BCUT2D eigenvalue weighted by Crippen LogP contribution is -2.51. The number of ether oxygens (including phenoxy) is 1. The van der Waals surface area contributed by atoms with Gasteiger partial charge in [-0.2, -0.15) is 0 Å². The van der Waals surface area contributed by atoms with Gasteiger partial charge in [0.1, 0.15) is 36.7 Å². The highest BCUT2D eigenvalue weighted by Gasteiger charge is 2.34. The van der Waals surface area contributed by atoms with Gasteiger partial charge in [-0.25, -0.2) is 9.13 Å². The average Bonchev–Trinajstić information content (AvgIpc) is 3.47. The van der Waals surface area contributed by atoms with E-state index in [9.17, 15) is 19.5 Å². The zero-order chi connectivity index (χ0) is 33.7. The van der Waals surface area contributed by atoms with Gasteiger partial charge in [0.05, 0.1) is 25.4 Å². The maximum Gasteiger partial charge on any atom is 0.306 e. The molecule has 3 aromatic carbocycles. The van der Waals surface area contributed by atoms with Crippen molar-refractivity contribution in [1.82, 2.24) is 4.57 Å². The number of carboxylic acids is 3. The number of carbonyl (C=O) groups is 3. The lowest BCUT2D eigenvalue weighted by atomic mass is 9.96. The molecular weight excluding hydrogens is 680 g/mol. The molecule has 0 saturated carbocycles. The molecule has 3 N–H and O–H groups in total. The second-order valence-corrected chi connectivity index (χ2v) is 12.1. The van der Waals surface area contributed by atoms with Crippen LogP contribution in [-0.4, -0.2) is 43.4 Å². The number of aliphatic carboxylic acids is 3. The Balaban J connectivity index is 0.000000376. The molecule has 0 amide bonds. The number of aliphatic hydroxyl groups is 1. The van der Waals surface area contributed by atoms with Gasteiger partial charge in [0.15, 0.2) is 0 Å². The van der Waals surface area contributed by atoms with Gasteiger partial charge in [0, 0.05) is 9.50 Å². The van der Waals surface area contributed by atoms with Crippen molar-refractivity contribution in [2.75, 3.05) is 0 Å². The Bertz CT molecular complexity index is 1550. The van der Waals surface area contributed by atoms with Crippen molar-refractivity contribution in [3.8, 4) is 0 Å². The van der Waals surface area contributed by atoms with E-state index in [1.54, 1.807) is 0 Å². The van der Waals surface area contributed by atoms with Gasteiger partial charge in [0.2, 0.25) is 6.33 Å². The fourth-order valence-corrected chi connectivity index (χ4v) is 5.14. The van der Waals surface area contributed by atoms with Crippen molar-refractivity contribution in [3.05, 3.63) is 124 Å². The number of nitrogens with zero attached hydrogens (tertiary/aromatic N) is 2. The monoisotopic (exact) mass is 714 g/mol. The van der Waals surface area contributed by atoms with E-state index in [2.05, 4.69) is 99.2 Å². The van der Waals surface area contributed by atoms with E-state index in [-0.39, 0.29) is 6.10 Å². The zero-order valence-corrected chi connectivity index (χ0v) is 27.5. The van der Waals surface area contributed by atoms with E-state index in [0.29, 0.717) is 12.6 Å². The second-order valence-electron chi connectivity index (χ2n) is 10.7. The second kappa shape index (κ2) is 17.6. The molecule has 4 aromatic rings. The molecule has 0 aliphatic carbocycles. The van der Waals surface area contributed by atoms with E-state index < -0.39 is 36.4 Å². The molecule has 2 atom stereocenters. The Morgan fingerprint density at radius 3 is 2.11 bits per heavy atom. The third-order valence-electron chi connectivity index (χ3n) is 7.07. The van der Waals surface area contributed by atoms with Crippen LogP contribution in [0.15, 0.2) is 102 Å². The summed E-state index contributed by atoms with van der Waals surface area (Å²) >= 11 is 9.58. The van der Waals surface area contributed by atoms with Crippen LogP contribution in [0.2, 0.25) is 5.02 Å². The van der Waals surface area contributed by atoms with Gasteiger partial charge in [-0.15, -0.1) is 0 Å². The minimum absolute atomic E-state index is 0.0555. The number of hydrogen-bond donors (Lipinski definition) is 3. The third kappa shape index (κ3) is 11.4. The summed E-state index contributed by atoms with van der Waals surface area (Å²) in [6.07, 6.45) is 6.25. The van der Waals surface area contributed by atoms with Crippen LogP contribution in [-0.2, 0) is 32.3 Å². The van der Waals surface area contributed by atoms with E-state index in [1.807, 2.05) is 30.3 Å². The SMILES string of the molecule is CCCC(c1ccc(Br)cc1)[n+]1ccn(CC(OCc2ccc(Cl)cc2)c2ccccc2)c1.O=C(O)CC(O)(CC(=O)O)C(=O)[O-]. The molecule has 10 nitrogen and oxygen atoms in total. The Hall–Kier alpha value is -4.03. The molecule has 0 radical (unpaired) electrons. The molecule has 0 fully saturated rings. The summed E-state index contributed by atoms with van der Waals surface area (Å²) in [5.41, 5.74) is 0.754. The van der Waals surface area contributed by atoms with Gasteiger partial charge >= 0.3 is 11.9 Å². The van der Waals surface area contributed by atoms with Crippen LogP contribution in [0.25, 0.3) is 0 Å². The van der Waals surface area contributed by atoms with Crippen molar-refractivity contribution >= 4 is 45.4 Å². The number of aromatic nitrogens is 2. The van der Waals surface area contributed by atoms with Gasteiger partial charge in [-0.3, -0.25) is 9.59 Å². The molecule has 0 spiro atoms. The fraction of sp³-hybridized carbons (Fsp3) is 0.294. The lowest BCUT2D eigenvalue weighted by molar-refractivity contribution is -0.714. The average molecular weight is 716 g/mol. The summed E-state index contributed by atoms with van der Waals surface area (Å²) in [5.74, 6) is -5.35. The maximum atomic E-state index is 10.2. The summed E-state index contributed by atoms with van der Waals surface area (Å²) in [4.78, 5) is 30.3. The van der Waals surface area contributed by atoms with Crippen molar-refractivity contribution in [1.29, 1.82) is 0 Å². The Labute approximate surface area is 280 Å². The first-order valence-electron chi connectivity index (χ1n) is 14.5. The van der Waals surface area contributed by atoms with Crippen LogP contribution in [0.4, 0.5) is 0 Å². The Kier molecular flexibility index (Phi) is 13.9.